The monoisotopic (exact) mass is 363 g/mol. The largest absolute Gasteiger partial charge is 0.474 e. The SMILES string of the molecule is Cc1c(C(=O)N2CCC(Oc3ccncn3)CC2)cnn1-c1ccccc1. The van der Waals surface area contributed by atoms with Gasteiger partial charge in [0.1, 0.15) is 12.4 Å². The number of amides is 1. The highest BCUT2D eigenvalue weighted by Gasteiger charge is 2.27. The summed E-state index contributed by atoms with van der Waals surface area (Å²) in [5.74, 6) is 0.602. The molecule has 0 N–H and O–H groups in total. The Kier molecular flexibility index (Phi) is 4.82. The number of hydrogen-bond donors (Lipinski definition) is 0. The molecule has 7 heteroatoms. The average Bonchev–Trinajstić information content (AvgIpc) is 3.11. The lowest BCUT2D eigenvalue weighted by atomic mass is 10.1. The molecule has 1 aromatic carbocycles. The molecule has 0 bridgehead atoms. The summed E-state index contributed by atoms with van der Waals surface area (Å²) in [6.07, 6.45) is 6.42. The molecule has 3 heterocycles. The molecule has 1 amide bonds. The fraction of sp³-hybridized carbons (Fsp3) is 0.300. The highest BCUT2D eigenvalue weighted by Crippen LogP contribution is 2.20. The van der Waals surface area contributed by atoms with Gasteiger partial charge in [0.25, 0.3) is 5.91 Å². The van der Waals surface area contributed by atoms with E-state index in [1.807, 2.05) is 42.2 Å². The lowest BCUT2D eigenvalue weighted by Gasteiger charge is -2.31. The third-order valence-corrected chi connectivity index (χ3v) is 4.81. The smallest absolute Gasteiger partial charge is 0.257 e. The molecule has 1 aliphatic heterocycles. The zero-order chi connectivity index (χ0) is 18.6. The van der Waals surface area contributed by atoms with Crippen LogP contribution < -0.4 is 4.74 Å². The molecule has 0 saturated carbocycles. The predicted molar refractivity (Wildman–Crippen MR) is 99.9 cm³/mol. The summed E-state index contributed by atoms with van der Waals surface area (Å²) in [6.45, 7) is 3.24. The number of benzene rings is 1. The van der Waals surface area contributed by atoms with Crippen LogP contribution >= 0.6 is 0 Å². The summed E-state index contributed by atoms with van der Waals surface area (Å²) < 4.78 is 7.67. The zero-order valence-corrected chi connectivity index (χ0v) is 15.2. The van der Waals surface area contributed by atoms with Gasteiger partial charge in [-0.1, -0.05) is 18.2 Å². The molecule has 4 rings (SSSR count). The van der Waals surface area contributed by atoms with Gasteiger partial charge in [-0.2, -0.15) is 5.10 Å². The van der Waals surface area contributed by atoms with Gasteiger partial charge in [0, 0.05) is 38.2 Å². The maximum atomic E-state index is 12.9. The van der Waals surface area contributed by atoms with Crippen LogP contribution in [-0.4, -0.2) is 49.7 Å². The van der Waals surface area contributed by atoms with Crippen LogP contribution in [0.3, 0.4) is 0 Å². The Bertz CT molecular complexity index is 903. The maximum absolute atomic E-state index is 12.9. The van der Waals surface area contributed by atoms with Crippen LogP contribution in [0.2, 0.25) is 0 Å². The van der Waals surface area contributed by atoms with Gasteiger partial charge in [-0.3, -0.25) is 4.79 Å². The van der Waals surface area contributed by atoms with Crippen molar-refractivity contribution < 1.29 is 9.53 Å². The summed E-state index contributed by atoms with van der Waals surface area (Å²) in [5.41, 5.74) is 2.45. The molecule has 0 spiro atoms. The third kappa shape index (κ3) is 3.67. The molecule has 3 aromatic rings. The Morgan fingerprint density at radius 1 is 1.15 bits per heavy atom. The van der Waals surface area contributed by atoms with E-state index >= 15 is 0 Å². The molecule has 138 valence electrons. The van der Waals surface area contributed by atoms with Crippen molar-refractivity contribution in [1.29, 1.82) is 0 Å². The van der Waals surface area contributed by atoms with Crippen molar-refractivity contribution in [2.45, 2.75) is 25.9 Å². The van der Waals surface area contributed by atoms with E-state index in [0.29, 0.717) is 24.5 Å². The van der Waals surface area contributed by atoms with Crippen molar-refractivity contribution in [2.75, 3.05) is 13.1 Å². The highest BCUT2D eigenvalue weighted by atomic mass is 16.5. The second-order valence-electron chi connectivity index (χ2n) is 6.55. The van der Waals surface area contributed by atoms with Gasteiger partial charge < -0.3 is 9.64 Å². The molecule has 0 radical (unpaired) electrons. The zero-order valence-electron chi connectivity index (χ0n) is 15.2. The molecular formula is C20H21N5O2. The Balaban J connectivity index is 1.41. The number of piperidine rings is 1. The standard InChI is InChI=1S/C20H21N5O2/c1-15-18(13-23-25(15)16-5-3-2-4-6-16)20(26)24-11-8-17(9-12-24)27-19-7-10-21-14-22-19/h2-7,10,13-14,17H,8-9,11-12H2,1H3. The lowest BCUT2D eigenvalue weighted by molar-refractivity contribution is 0.0587. The van der Waals surface area contributed by atoms with Crippen LogP contribution in [0.4, 0.5) is 0 Å². The van der Waals surface area contributed by atoms with Gasteiger partial charge >= 0.3 is 0 Å². The summed E-state index contributed by atoms with van der Waals surface area (Å²) in [4.78, 5) is 22.8. The molecule has 1 fully saturated rings. The van der Waals surface area contributed by atoms with Crippen molar-refractivity contribution in [3.05, 3.63) is 66.4 Å². The highest BCUT2D eigenvalue weighted by molar-refractivity contribution is 5.95. The lowest BCUT2D eigenvalue weighted by Crippen LogP contribution is -2.42. The van der Waals surface area contributed by atoms with E-state index in [1.165, 1.54) is 6.33 Å². The molecule has 1 aliphatic rings. The Morgan fingerprint density at radius 2 is 1.93 bits per heavy atom. The van der Waals surface area contributed by atoms with Crippen LogP contribution in [-0.2, 0) is 0 Å². The first-order valence-corrected chi connectivity index (χ1v) is 9.04. The molecule has 0 unspecified atom stereocenters. The van der Waals surface area contributed by atoms with Crippen molar-refractivity contribution in [1.82, 2.24) is 24.6 Å². The van der Waals surface area contributed by atoms with Gasteiger partial charge in [0.15, 0.2) is 0 Å². The fourth-order valence-electron chi connectivity index (χ4n) is 3.32. The van der Waals surface area contributed by atoms with E-state index in [9.17, 15) is 4.79 Å². The Labute approximate surface area is 157 Å². The number of hydrogen-bond acceptors (Lipinski definition) is 5. The van der Waals surface area contributed by atoms with Crippen LogP contribution in [0.5, 0.6) is 5.88 Å². The minimum atomic E-state index is 0.0233. The first kappa shape index (κ1) is 17.2. The topological polar surface area (TPSA) is 73.1 Å². The van der Waals surface area contributed by atoms with Gasteiger partial charge in [-0.15, -0.1) is 0 Å². The summed E-state index contributed by atoms with van der Waals surface area (Å²) in [6, 6.07) is 11.6. The first-order valence-electron chi connectivity index (χ1n) is 9.04. The first-order chi connectivity index (χ1) is 13.2. The van der Waals surface area contributed by atoms with Crippen LogP contribution in [0, 0.1) is 6.92 Å². The molecule has 1 saturated heterocycles. The number of para-hydroxylation sites is 1. The number of likely N-dealkylation sites (tertiary alicyclic amines) is 1. The predicted octanol–water partition coefficient (Wildman–Crippen LogP) is 2.65. The summed E-state index contributed by atoms with van der Waals surface area (Å²) in [5, 5.41) is 4.40. The summed E-state index contributed by atoms with van der Waals surface area (Å²) in [7, 11) is 0. The second kappa shape index (κ2) is 7.57. The van der Waals surface area contributed by atoms with Crippen molar-refractivity contribution in [3.63, 3.8) is 0 Å². The van der Waals surface area contributed by atoms with Gasteiger partial charge in [-0.25, -0.2) is 14.6 Å². The molecule has 7 nitrogen and oxygen atoms in total. The van der Waals surface area contributed by atoms with E-state index in [1.54, 1.807) is 23.1 Å². The fourth-order valence-corrected chi connectivity index (χ4v) is 3.32. The quantitative estimate of drug-likeness (QED) is 0.712. The Morgan fingerprint density at radius 3 is 2.63 bits per heavy atom. The minimum absolute atomic E-state index is 0.0233. The minimum Gasteiger partial charge on any atom is -0.474 e. The average molecular weight is 363 g/mol. The molecular weight excluding hydrogens is 342 g/mol. The number of rotatable bonds is 4. The second-order valence-corrected chi connectivity index (χ2v) is 6.55. The molecule has 0 aliphatic carbocycles. The number of carbonyl (C=O) groups excluding carboxylic acids is 1. The number of aromatic nitrogens is 4. The van der Waals surface area contributed by atoms with Crippen molar-refractivity contribution in [3.8, 4) is 11.6 Å². The van der Waals surface area contributed by atoms with Gasteiger partial charge in [-0.05, 0) is 19.1 Å². The Hall–Kier alpha value is -3.22. The molecule has 0 atom stereocenters. The summed E-state index contributed by atoms with van der Waals surface area (Å²) >= 11 is 0. The number of carbonyl (C=O) groups is 1. The van der Waals surface area contributed by atoms with Crippen LogP contribution in [0.15, 0.2) is 55.1 Å². The van der Waals surface area contributed by atoms with Gasteiger partial charge in [0.2, 0.25) is 5.88 Å². The van der Waals surface area contributed by atoms with E-state index in [2.05, 4.69) is 15.1 Å². The van der Waals surface area contributed by atoms with Crippen LogP contribution in [0.1, 0.15) is 28.9 Å². The molecule has 27 heavy (non-hydrogen) atoms. The van der Waals surface area contributed by atoms with Gasteiger partial charge in [0.05, 0.1) is 23.1 Å². The number of nitrogens with zero attached hydrogens (tertiary/aromatic N) is 5. The third-order valence-electron chi connectivity index (χ3n) is 4.81. The maximum Gasteiger partial charge on any atom is 0.257 e. The van der Waals surface area contributed by atoms with E-state index < -0.39 is 0 Å². The molecule has 2 aromatic heterocycles. The van der Waals surface area contributed by atoms with E-state index in [-0.39, 0.29) is 12.0 Å². The van der Waals surface area contributed by atoms with Crippen molar-refractivity contribution in [2.24, 2.45) is 0 Å². The number of ether oxygens (including phenoxy) is 1. The normalized spacial score (nSPS) is 14.9. The van der Waals surface area contributed by atoms with Crippen molar-refractivity contribution >= 4 is 5.91 Å². The van der Waals surface area contributed by atoms with Crippen LogP contribution in [0.25, 0.3) is 5.69 Å². The van der Waals surface area contributed by atoms with E-state index in [4.69, 9.17) is 4.74 Å². The van der Waals surface area contributed by atoms with E-state index in [0.717, 1.165) is 24.2 Å².